The number of rotatable bonds is 7. The van der Waals surface area contributed by atoms with Gasteiger partial charge in [-0.25, -0.2) is 4.79 Å². The molecule has 6 heteroatoms. The van der Waals surface area contributed by atoms with Gasteiger partial charge >= 0.3 is 5.63 Å². The number of nitrogens with one attached hydrogen (secondary N) is 1. The van der Waals surface area contributed by atoms with E-state index in [2.05, 4.69) is 12.2 Å². The molecule has 0 unspecified atom stereocenters. The smallest absolute Gasteiger partial charge is 0.336 e. The van der Waals surface area contributed by atoms with E-state index >= 15 is 0 Å². The monoisotopic (exact) mass is 415 g/mol. The fourth-order valence-corrected chi connectivity index (χ4v) is 4.18. The summed E-state index contributed by atoms with van der Waals surface area (Å²) in [7, 11) is 0. The van der Waals surface area contributed by atoms with Crippen LogP contribution >= 0.6 is 23.4 Å². The second-order valence-electron chi connectivity index (χ2n) is 6.58. The van der Waals surface area contributed by atoms with Crippen molar-refractivity contribution in [3.8, 4) is 0 Å². The molecule has 28 heavy (non-hydrogen) atoms. The minimum Gasteiger partial charge on any atom is -0.423 e. The summed E-state index contributed by atoms with van der Waals surface area (Å²) < 4.78 is 5.33. The minimum absolute atomic E-state index is 0.0713. The van der Waals surface area contributed by atoms with Crippen LogP contribution in [-0.2, 0) is 17.0 Å². The normalized spacial score (nSPS) is 12.1. The maximum absolute atomic E-state index is 12.3. The molecule has 2 aromatic carbocycles. The van der Waals surface area contributed by atoms with E-state index in [0.29, 0.717) is 22.1 Å². The summed E-state index contributed by atoms with van der Waals surface area (Å²) in [4.78, 5) is 24.2. The Morgan fingerprint density at radius 1 is 1.21 bits per heavy atom. The molecule has 3 rings (SSSR count). The Morgan fingerprint density at radius 3 is 2.75 bits per heavy atom. The van der Waals surface area contributed by atoms with Gasteiger partial charge in [0.15, 0.2) is 0 Å². The van der Waals surface area contributed by atoms with Gasteiger partial charge in [-0.3, -0.25) is 4.79 Å². The van der Waals surface area contributed by atoms with Crippen LogP contribution in [0.2, 0.25) is 5.02 Å². The predicted molar refractivity (Wildman–Crippen MR) is 116 cm³/mol. The SMILES string of the molecule is CCc1ccc2c(CSCC(=O)N[C@H](C)c3ccccc3Cl)cc(=O)oc2c1. The minimum atomic E-state index is -0.367. The van der Waals surface area contributed by atoms with E-state index in [4.69, 9.17) is 16.0 Å². The van der Waals surface area contributed by atoms with Gasteiger partial charge in [0.1, 0.15) is 5.58 Å². The number of hydrogen-bond acceptors (Lipinski definition) is 4. The summed E-state index contributed by atoms with van der Waals surface area (Å²) >= 11 is 7.65. The van der Waals surface area contributed by atoms with Gasteiger partial charge in [0, 0.05) is 22.2 Å². The highest BCUT2D eigenvalue weighted by Gasteiger charge is 2.13. The van der Waals surface area contributed by atoms with E-state index in [1.807, 2.05) is 49.4 Å². The van der Waals surface area contributed by atoms with E-state index in [9.17, 15) is 9.59 Å². The molecule has 146 valence electrons. The first-order valence-corrected chi connectivity index (χ1v) is 10.7. The average molecular weight is 416 g/mol. The van der Waals surface area contributed by atoms with Crippen molar-refractivity contribution in [3.05, 3.63) is 80.7 Å². The Hall–Kier alpha value is -2.24. The lowest BCUT2D eigenvalue weighted by atomic mass is 10.1. The molecule has 0 saturated heterocycles. The molecule has 0 spiro atoms. The maximum atomic E-state index is 12.3. The molecule has 4 nitrogen and oxygen atoms in total. The number of benzene rings is 2. The van der Waals surface area contributed by atoms with Gasteiger partial charge in [-0.15, -0.1) is 11.8 Å². The summed E-state index contributed by atoms with van der Waals surface area (Å²) in [6.45, 7) is 3.96. The number of carbonyl (C=O) groups excluding carboxylic acids is 1. The van der Waals surface area contributed by atoms with Gasteiger partial charge in [-0.05, 0) is 42.2 Å². The molecule has 0 aliphatic carbocycles. The molecule has 1 N–H and O–H groups in total. The number of carbonyl (C=O) groups is 1. The van der Waals surface area contributed by atoms with E-state index in [0.717, 1.165) is 28.5 Å². The Morgan fingerprint density at radius 2 is 2.00 bits per heavy atom. The summed E-state index contributed by atoms with van der Waals surface area (Å²) in [5.74, 6) is 0.781. The van der Waals surface area contributed by atoms with Crippen LogP contribution in [0.15, 0.2) is 57.7 Å². The lowest BCUT2D eigenvalue weighted by molar-refractivity contribution is -0.119. The molecule has 1 amide bonds. The highest BCUT2D eigenvalue weighted by atomic mass is 35.5. The van der Waals surface area contributed by atoms with Crippen LogP contribution in [0.4, 0.5) is 0 Å². The number of hydrogen-bond donors (Lipinski definition) is 1. The lowest BCUT2D eigenvalue weighted by Gasteiger charge is -2.15. The van der Waals surface area contributed by atoms with Gasteiger partial charge < -0.3 is 9.73 Å². The number of halogens is 1. The molecule has 1 atom stereocenters. The van der Waals surface area contributed by atoms with Crippen LogP contribution in [0, 0.1) is 0 Å². The molecule has 0 aliphatic rings. The first kappa shape index (κ1) is 20.5. The van der Waals surface area contributed by atoms with Crippen molar-refractivity contribution in [2.45, 2.75) is 32.1 Å². The molecule has 1 heterocycles. The second-order valence-corrected chi connectivity index (χ2v) is 7.97. The average Bonchev–Trinajstić information content (AvgIpc) is 2.67. The summed E-state index contributed by atoms with van der Waals surface area (Å²) in [5.41, 5.74) is 3.12. The fraction of sp³-hybridized carbons (Fsp3) is 0.273. The van der Waals surface area contributed by atoms with Crippen molar-refractivity contribution in [1.29, 1.82) is 0 Å². The predicted octanol–water partition coefficient (Wildman–Crippen LogP) is 5.12. The number of amides is 1. The van der Waals surface area contributed by atoms with Crippen LogP contribution in [0.3, 0.4) is 0 Å². The molecule has 0 radical (unpaired) electrons. The largest absolute Gasteiger partial charge is 0.423 e. The zero-order chi connectivity index (χ0) is 20.1. The van der Waals surface area contributed by atoms with Gasteiger partial charge in [-0.1, -0.05) is 48.9 Å². The maximum Gasteiger partial charge on any atom is 0.336 e. The van der Waals surface area contributed by atoms with Crippen molar-refractivity contribution in [2.75, 3.05) is 5.75 Å². The van der Waals surface area contributed by atoms with Gasteiger partial charge in [0.25, 0.3) is 0 Å². The zero-order valence-electron chi connectivity index (χ0n) is 15.8. The second kappa shape index (κ2) is 9.30. The molecule has 0 fully saturated rings. The number of aryl methyl sites for hydroxylation is 1. The van der Waals surface area contributed by atoms with Crippen LogP contribution < -0.4 is 10.9 Å². The highest BCUT2D eigenvalue weighted by Crippen LogP contribution is 2.24. The highest BCUT2D eigenvalue weighted by molar-refractivity contribution is 7.99. The third-order valence-corrected chi connectivity index (χ3v) is 5.87. The van der Waals surface area contributed by atoms with Crippen molar-refractivity contribution >= 4 is 40.2 Å². The van der Waals surface area contributed by atoms with Crippen molar-refractivity contribution in [3.63, 3.8) is 0 Å². The van der Waals surface area contributed by atoms with Gasteiger partial charge in [0.05, 0.1) is 11.8 Å². The molecule has 0 saturated carbocycles. The Bertz CT molecular complexity index is 1050. The number of fused-ring (bicyclic) bond motifs is 1. The molecular weight excluding hydrogens is 394 g/mol. The van der Waals surface area contributed by atoms with Crippen molar-refractivity contribution < 1.29 is 9.21 Å². The van der Waals surface area contributed by atoms with Crippen molar-refractivity contribution in [1.82, 2.24) is 5.32 Å². The van der Waals surface area contributed by atoms with Gasteiger partial charge in [-0.2, -0.15) is 0 Å². The Kier molecular flexibility index (Phi) is 6.81. The van der Waals surface area contributed by atoms with E-state index < -0.39 is 0 Å². The van der Waals surface area contributed by atoms with Crippen LogP contribution in [0.25, 0.3) is 11.0 Å². The Labute approximate surface area is 173 Å². The number of thioether (sulfide) groups is 1. The molecule has 3 aromatic rings. The summed E-state index contributed by atoms with van der Waals surface area (Å²) in [6.07, 6.45) is 0.877. The molecule has 0 bridgehead atoms. The van der Waals surface area contributed by atoms with E-state index in [1.54, 1.807) is 0 Å². The fourth-order valence-electron chi connectivity index (χ4n) is 3.05. The topological polar surface area (TPSA) is 59.3 Å². The third-order valence-electron chi connectivity index (χ3n) is 4.54. The van der Waals surface area contributed by atoms with Crippen LogP contribution in [0.5, 0.6) is 0 Å². The lowest BCUT2D eigenvalue weighted by Crippen LogP contribution is -2.28. The first-order chi connectivity index (χ1) is 13.5. The quantitative estimate of drug-likeness (QED) is 0.544. The standard InChI is InChI=1S/C22H22ClNO3S/c1-3-15-8-9-18-16(11-22(26)27-20(18)10-15)12-28-13-21(25)24-14(2)17-6-4-5-7-19(17)23/h4-11,14H,3,12-13H2,1-2H3,(H,24,25)/t14-/m1/s1. The molecule has 1 aromatic heterocycles. The van der Waals surface area contributed by atoms with Crippen molar-refractivity contribution in [2.24, 2.45) is 0 Å². The summed E-state index contributed by atoms with van der Waals surface area (Å²) in [6, 6.07) is 14.7. The van der Waals surface area contributed by atoms with Crippen LogP contribution in [0.1, 0.15) is 36.6 Å². The van der Waals surface area contributed by atoms with E-state index in [-0.39, 0.29) is 17.6 Å². The van der Waals surface area contributed by atoms with Crippen LogP contribution in [-0.4, -0.2) is 11.7 Å². The summed E-state index contributed by atoms with van der Waals surface area (Å²) in [5, 5.41) is 4.51. The Balaban J connectivity index is 1.62. The molecule has 0 aliphatic heterocycles. The van der Waals surface area contributed by atoms with E-state index in [1.165, 1.54) is 17.8 Å². The zero-order valence-corrected chi connectivity index (χ0v) is 17.4. The van der Waals surface area contributed by atoms with Gasteiger partial charge in [0.2, 0.25) is 5.91 Å². The third kappa shape index (κ3) is 4.97. The molecular formula is C22H22ClNO3S. The first-order valence-electron chi connectivity index (χ1n) is 9.15.